The molecule has 0 saturated carbocycles. The minimum Gasteiger partial charge on any atom is -0.481 e. The minimum atomic E-state index is -0.825. The normalized spacial score (nSPS) is 17.5. The molecule has 1 rings (SSSR count). The quantitative estimate of drug-likeness (QED) is 0.754. The molecule has 0 unspecified atom stereocenters. The number of hydrogen-bond donors (Lipinski definition) is 2. The maximum Gasteiger partial charge on any atom is 0.317 e. The van der Waals surface area contributed by atoms with Gasteiger partial charge in [0, 0.05) is 38.8 Å². The van der Waals surface area contributed by atoms with E-state index in [0.717, 1.165) is 26.1 Å². The molecule has 21 heavy (non-hydrogen) atoms. The molecule has 6 nitrogen and oxygen atoms in total. The number of rotatable bonds is 7. The lowest BCUT2D eigenvalue weighted by Crippen LogP contribution is -2.48. The second kappa shape index (κ2) is 8.22. The van der Waals surface area contributed by atoms with Crippen LogP contribution in [-0.4, -0.2) is 54.4 Å². The van der Waals surface area contributed by atoms with Gasteiger partial charge in [-0.2, -0.15) is 0 Å². The summed E-state index contributed by atoms with van der Waals surface area (Å²) in [7, 11) is 0. The monoisotopic (exact) mass is 300 g/mol. The summed E-state index contributed by atoms with van der Waals surface area (Å²) < 4.78 is 5.35. The van der Waals surface area contributed by atoms with E-state index in [1.165, 1.54) is 0 Å². The number of nitrogens with one attached hydrogen (secondary N) is 1. The van der Waals surface area contributed by atoms with Crippen LogP contribution in [0.3, 0.4) is 0 Å². The fourth-order valence-corrected chi connectivity index (χ4v) is 2.43. The fourth-order valence-electron chi connectivity index (χ4n) is 2.43. The van der Waals surface area contributed by atoms with Gasteiger partial charge >= 0.3 is 12.0 Å². The molecule has 0 bridgehead atoms. The van der Waals surface area contributed by atoms with Crippen molar-refractivity contribution in [1.29, 1.82) is 0 Å². The molecule has 0 radical (unpaired) electrons. The Hall–Kier alpha value is -1.30. The third kappa shape index (κ3) is 6.33. The Kier molecular flexibility index (Phi) is 6.95. The Morgan fingerprint density at radius 1 is 1.33 bits per heavy atom. The lowest BCUT2D eigenvalue weighted by molar-refractivity contribution is -0.137. The number of urea groups is 1. The van der Waals surface area contributed by atoms with E-state index in [1.807, 2.05) is 13.8 Å². The van der Waals surface area contributed by atoms with Crippen LogP contribution in [-0.2, 0) is 9.53 Å². The van der Waals surface area contributed by atoms with Crippen molar-refractivity contribution in [1.82, 2.24) is 10.2 Å². The second-order valence-corrected chi connectivity index (χ2v) is 6.37. The minimum absolute atomic E-state index is 0.0568. The van der Waals surface area contributed by atoms with E-state index >= 15 is 0 Å². The van der Waals surface area contributed by atoms with E-state index < -0.39 is 5.97 Å². The van der Waals surface area contributed by atoms with Gasteiger partial charge in [-0.25, -0.2) is 4.79 Å². The summed E-state index contributed by atoms with van der Waals surface area (Å²) in [5, 5.41) is 11.7. The van der Waals surface area contributed by atoms with Gasteiger partial charge in [0.25, 0.3) is 0 Å². The molecule has 1 aliphatic rings. The van der Waals surface area contributed by atoms with Gasteiger partial charge in [-0.3, -0.25) is 4.79 Å². The summed E-state index contributed by atoms with van der Waals surface area (Å²) >= 11 is 0. The van der Waals surface area contributed by atoms with Crippen LogP contribution in [0.2, 0.25) is 0 Å². The first-order valence-corrected chi connectivity index (χ1v) is 7.68. The Morgan fingerprint density at radius 2 is 1.95 bits per heavy atom. The van der Waals surface area contributed by atoms with Crippen molar-refractivity contribution in [3.05, 3.63) is 0 Å². The van der Waals surface area contributed by atoms with Gasteiger partial charge in [-0.05, 0) is 38.5 Å². The zero-order valence-corrected chi connectivity index (χ0v) is 13.4. The summed E-state index contributed by atoms with van der Waals surface area (Å²) in [5.41, 5.74) is 0.0949. The topological polar surface area (TPSA) is 78.9 Å². The number of ether oxygens (including phenoxy) is 1. The molecule has 6 heteroatoms. The maximum absolute atomic E-state index is 12.3. The molecule has 1 fully saturated rings. The smallest absolute Gasteiger partial charge is 0.317 e. The Bertz CT molecular complexity index is 352. The third-order valence-corrected chi connectivity index (χ3v) is 4.04. The summed E-state index contributed by atoms with van der Waals surface area (Å²) in [6, 6.07) is -0.0515. The van der Waals surface area contributed by atoms with Crippen LogP contribution < -0.4 is 5.32 Å². The Morgan fingerprint density at radius 3 is 2.48 bits per heavy atom. The number of carbonyl (C=O) groups is 2. The van der Waals surface area contributed by atoms with Crippen molar-refractivity contribution in [3.63, 3.8) is 0 Å². The average molecular weight is 300 g/mol. The lowest BCUT2D eigenvalue weighted by Gasteiger charge is -2.35. The summed E-state index contributed by atoms with van der Waals surface area (Å²) in [4.78, 5) is 24.5. The number of hydrogen-bond acceptors (Lipinski definition) is 3. The number of carbonyl (C=O) groups excluding carboxylic acids is 1. The molecule has 0 atom stereocenters. The molecule has 0 aromatic heterocycles. The number of amides is 2. The van der Waals surface area contributed by atoms with E-state index in [4.69, 9.17) is 9.84 Å². The first-order valence-electron chi connectivity index (χ1n) is 7.68. The van der Waals surface area contributed by atoms with Crippen molar-refractivity contribution in [2.24, 2.45) is 5.41 Å². The van der Waals surface area contributed by atoms with Crippen molar-refractivity contribution in [3.8, 4) is 0 Å². The molecule has 0 aliphatic carbocycles. The zero-order valence-electron chi connectivity index (χ0n) is 13.4. The molecular weight excluding hydrogens is 272 g/mol. The molecule has 2 N–H and O–H groups in total. The van der Waals surface area contributed by atoms with Crippen LogP contribution in [0, 0.1) is 5.41 Å². The maximum atomic E-state index is 12.3. The van der Waals surface area contributed by atoms with Crippen molar-refractivity contribution in [2.75, 3.05) is 26.3 Å². The fraction of sp³-hybridized carbons (Fsp3) is 0.867. The zero-order chi connectivity index (χ0) is 15.9. The van der Waals surface area contributed by atoms with Crippen molar-refractivity contribution < 1.29 is 19.4 Å². The summed E-state index contributed by atoms with van der Waals surface area (Å²) in [6.45, 7) is 8.65. The van der Waals surface area contributed by atoms with Gasteiger partial charge in [0.2, 0.25) is 0 Å². The van der Waals surface area contributed by atoms with Crippen LogP contribution in [0.4, 0.5) is 4.79 Å². The summed E-state index contributed by atoms with van der Waals surface area (Å²) in [6.07, 6.45) is 2.47. The molecule has 122 valence electrons. The highest BCUT2D eigenvalue weighted by atomic mass is 16.5. The van der Waals surface area contributed by atoms with Crippen LogP contribution in [0.15, 0.2) is 0 Å². The van der Waals surface area contributed by atoms with E-state index in [9.17, 15) is 9.59 Å². The van der Waals surface area contributed by atoms with Crippen molar-refractivity contribution in [2.45, 2.75) is 52.5 Å². The second-order valence-electron chi connectivity index (χ2n) is 6.37. The Labute approximate surface area is 126 Å². The van der Waals surface area contributed by atoms with Gasteiger partial charge in [-0.15, -0.1) is 0 Å². The highest BCUT2D eigenvalue weighted by molar-refractivity contribution is 5.74. The Balaban J connectivity index is 2.43. The predicted molar refractivity (Wildman–Crippen MR) is 80.3 cm³/mol. The lowest BCUT2D eigenvalue weighted by atomic mass is 9.82. The first kappa shape index (κ1) is 17.8. The largest absolute Gasteiger partial charge is 0.481 e. The molecule has 0 spiro atoms. The van der Waals surface area contributed by atoms with E-state index in [1.54, 1.807) is 4.90 Å². The molecule has 1 aliphatic heterocycles. The van der Waals surface area contributed by atoms with Crippen LogP contribution in [0.5, 0.6) is 0 Å². The van der Waals surface area contributed by atoms with Gasteiger partial charge in [0.05, 0.1) is 0 Å². The molecule has 0 aromatic rings. The van der Waals surface area contributed by atoms with Crippen LogP contribution >= 0.6 is 0 Å². The standard InChI is InChI=1S/C15H28N2O4/c1-12(2)17(8-4-5-13(18)19)14(20)16-11-15(3)6-9-21-10-7-15/h12H,4-11H2,1-3H3,(H,16,20)(H,18,19). The van der Waals surface area contributed by atoms with Crippen LogP contribution in [0.1, 0.15) is 46.5 Å². The molecular formula is C15H28N2O4. The summed E-state index contributed by atoms with van der Waals surface area (Å²) in [5.74, 6) is -0.825. The van der Waals surface area contributed by atoms with Crippen LogP contribution in [0.25, 0.3) is 0 Å². The SMILES string of the molecule is CC(C)N(CCCC(=O)O)C(=O)NCC1(C)CCOCC1. The van der Waals surface area contributed by atoms with E-state index in [-0.39, 0.29) is 23.9 Å². The van der Waals surface area contributed by atoms with E-state index in [0.29, 0.717) is 19.5 Å². The van der Waals surface area contributed by atoms with Gasteiger partial charge in [-0.1, -0.05) is 6.92 Å². The third-order valence-electron chi connectivity index (χ3n) is 4.04. The molecule has 1 saturated heterocycles. The highest BCUT2D eigenvalue weighted by Crippen LogP contribution is 2.28. The van der Waals surface area contributed by atoms with Crippen molar-refractivity contribution >= 4 is 12.0 Å². The molecule has 0 aromatic carbocycles. The number of nitrogens with zero attached hydrogens (tertiary/aromatic N) is 1. The van der Waals surface area contributed by atoms with Gasteiger partial charge in [0.1, 0.15) is 0 Å². The molecule has 2 amide bonds. The van der Waals surface area contributed by atoms with E-state index in [2.05, 4.69) is 12.2 Å². The number of carboxylic acids is 1. The average Bonchev–Trinajstić information content (AvgIpc) is 2.41. The van der Waals surface area contributed by atoms with Gasteiger partial charge < -0.3 is 20.1 Å². The predicted octanol–water partition coefficient (Wildman–Crippen LogP) is 2.09. The molecule has 1 heterocycles. The van der Waals surface area contributed by atoms with Gasteiger partial charge in [0.15, 0.2) is 0 Å². The highest BCUT2D eigenvalue weighted by Gasteiger charge is 2.28. The first-order chi connectivity index (χ1) is 9.84. The number of carboxylic acid groups (broad SMARTS) is 1. The number of aliphatic carboxylic acids is 1.